The van der Waals surface area contributed by atoms with Crippen molar-refractivity contribution in [2.75, 3.05) is 13.2 Å². The Labute approximate surface area is 151 Å². The van der Waals surface area contributed by atoms with E-state index in [1.165, 1.54) is 24.3 Å². The smallest absolute Gasteiger partial charge is 0.434 e. The number of benzene rings is 2. The summed E-state index contributed by atoms with van der Waals surface area (Å²) in [4.78, 5) is 11.4. The fourth-order valence-corrected chi connectivity index (χ4v) is 2.05. The van der Waals surface area contributed by atoms with E-state index in [-0.39, 0.29) is 24.8 Å². The average Bonchev–Trinajstić information content (AvgIpc) is 2.64. The van der Waals surface area contributed by atoms with Crippen molar-refractivity contribution in [1.29, 1.82) is 0 Å². The Morgan fingerprint density at radius 3 is 1.50 bits per heavy atom. The van der Waals surface area contributed by atoms with E-state index in [4.69, 9.17) is 9.47 Å². The molecule has 2 rings (SSSR count). The van der Waals surface area contributed by atoms with Crippen molar-refractivity contribution in [3.05, 3.63) is 83.4 Å². The van der Waals surface area contributed by atoms with E-state index in [0.29, 0.717) is 12.8 Å². The van der Waals surface area contributed by atoms with Crippen LogP contribution in [0.15, 0.2) is 60.7 Å². The largest absolute Gasteiger partial charge is 0.508 e. The molecule has 5 heteroatoms. The van der Waals surface area contributed by atoms with Crippen molar-refractivity contribution < 1.29 is 23.0 Å². The molecule has 0 aliphatic carbocycles. The van der Waals surface area contributed by atoms with Crippen molar-refractivity contribution in [2.45, 2.75) is 12.8 Å². The van der Waals surface area contributed by atoms with Crippen LogP contribution in [0.1, 0.15) is 24.0 Å². The van der Waals surface area contributed by atoms with Crippen LogP contribution < -0.4 is 0 Å². The number of carbonyl (C=O) groups is 1. The van der Waals surface area contributed by atoms with Crippen LogP contribution in [-0.2, 0) is 9.47 Å². The van der Waals surface area contributed by atoms with Crippen molar-refractivity contribution in [2.24, 2.45) is 0 Å². The minimum absolute atomic E-state index is 0.210. The SMILES string of the molecule is O=C(OCC/C=C/c1ccc(F)cc1)OCC/C=C/c1ccc(F)cc1. The Morgan fingerprint density at radius 2 is 1.12 bits per heavy atom. The molecule has 0 unspecified atom stereocenters. The molecule has 0 radical (unpaired) electrons. The molecule has 0 atom stereocenters. The second kappa shape index (κ2) is 10.8. The molecule has 26 heavy (non-hydrogen) atoms. The lowest BCUT2D eigenvalue weighted by molar-refractivity contribution is 0.0578. The Kier molecular flexibility index (Phi) is 8.06. The second-order valence-electron chi connectivity index (χ2n) is 5.43. The summed E-state index contributed by atoms with van der Waals surface area (Å²) in [5.74, 6) is -0.554. The molecule has 0 amide bonds. The van der Waals surface area contributed by atoms with Gasteiger partial charge in [0.2, 0.25) is 0 Å². The van der Waals surface area contributed by atoms with E-state index in [2.05, 4.69) is 0 Å². The van der Waals surface area contributed by atoms with Gasteiger partial charge in [0.05, 0.1) is 13.2 Å². The number of hydrogen-bond donors (Lipinski definition) is 0. The molecule has 0 aliphatic rings. The van der Waals surface area contributed by atoms with Gasteiger partial charge in [-0.3, -0.25) is 0 Å². The molecule has 0 spiro atoms. The van der Waals surface area contributed by atoms with Gasteiger partial charge in [-0.05, 0) is 35.4 Å². The lowest BCUT2D eigenvalue weighted by Crippen LogP contribution is -2.08. The Morgan fingerprint density at radius 1 is 0.731 bits per heavy atom. The number of ether oxygens (including phenoxy) is 2. The maximum Gasteiger partial charge on any atom is 0.508 e. The number of rotatable bonds is 8. The zero-order valence-electron chi connectivity index (χ0n) is 14.2. The van der Waals surface area contributed by atoms with Crippen LogP contribution in [0.25, 0.3) is 12.2 Å². The molecule has 0 aromatic heterocycles. The topological polar surface area (TPSA) is 35.5 Å². The number of halogens is 2. The van der Waals surface area contributed by atoms with Gasteiger partial charge in [0, 0.05) is 12.8 Å². The molecule has 0 heterocycles. The second-order valence-corrected chi connectivity index (χ2v) is 5.43. The highest BCUT2D eigenvalue weighted by atomic mass is 19.1. The molecular weight excluding hydrogens is 338 g/mol. The molecule has 0 saturated carbocycles. The minimum atomic E-state index is -0.713. The maximum atomic E-state index is 12.8. The van der Waals surface area contributed by atoms with Gasteiger partial charge in [0.1, 0.15) is 11.6 Å². The highest BCUT2D eigenvalue weighted by Crippen LogP contribution is 2.06. The van der Waals surface area contributed by atoms with E-state index < -0.39 is 6.16 Å². The molecule has 0 fully saturated rings. The average molecular weight is 358 g/mol. The molecular formula is C21H20F2O3. The first-order valence-electron chi connectivity index (χ1n) is 8.27. The summed E-state index contributed by atoms with van der Waals surface area (Å²) in [6.45, 7) is 0.421. The van der Waals surface area contributed by atoms with Crippen molar-refractivity contribution in [3.8, 4) is 0 Å². The summed E-state index contributed by atoms with van der Waals surface area (Å²) in [6, 6.07) is 12.2. The van der Waals surface area contributed by atoms with Gasteiger partial charge in [-0.2, -0.15) is 0 Å². The van der Waals surface area contributed by atoms with Crippen LogP contribution in [-0.4, -0.2) is 19.4 Å². The van der Waals surface area contributed by atoms with E-state index >= 15 is 0 Å². The third kappa shape index (κ3) is 7.75. The third-order valence-electron chi connectivity index (χ3n) is 3.37. The predicted molar refractivity (Wildman–Crippen MR) is 97.4 cm³/mol. The summed E-state index contributed by atoms with van der Waals surface area (Å²) < 4.78 is 35.4. The zero-order valence-corrected chi connectivity index (χ0v) is 14.2. The highest BCUT2D eigenvalue weighted by molar-refractivity contribution is 5.59. The molecule has 136 valence electrons. The van der Waals surface area contributed by atoms with Crippen molar-refractivity contribution in [1.82, 2.24) is 0 Å². The van der Waals surface area contributed by atoms with Gasteiger partial charge in [-0.1, -0.05) is 48.6 Å². The van der Waals surface area contributed by atoms with Crippen LogP contribution in [0.3, 0.4) is 0 Å². The minimum Gasteiger partial charge on any atom is -0.434 e. The molecule has 3 nitrogen and oxygen atoms in total. The van der Waals surface area contributed by atoms with Crippen molar-refractivity contribution >= 4 is 18.3 Å². The predicted octanol–water partition coefficient (Wildman–Crippen LogP) is 5.62. The summed E-state index contributed by atoms with van der Waals surface area (Å²) >= 11 is 0. The van der Waals surface area contributed by atoms with E-state index in [9.17, 15) is 13.6 Å². The van der Waals surface area contributed by atoms with E-state index in [1.54, 1.807) is 24.3 Å². The van der Waals surface area contributed by atoms with Crippen LogP contribution in [0.5, 0.6) is 0 Å². The third-order valence-corrected chi connectivity index (χ3v) is 3.37. The first-order chi connectivity index (χ1) is 12.6. The van der Waals surface area contributed by atoms with Gasteiger partial charge >= 0.3 is 6.16 Å². The quantitative estimate of drug-likeness (QED) is 0.453. The van der Waals surface area contributed by atoms with Crippen LogP contribution >= 0.6 is 0 Å². The Hall–Kier alpha value is -2.95. The van der Waals surface area contributed by atoms with Gasteiger partial charge < -0.3 is 9.47 Å². The van der Waals surface area contributed by atoms with E-state index in [1.807, 2.05) is 24.3 Å². The summed E-state index contributed by atoms with van der Waals surface area (Å²) in [6.07, 6.45) is 7.70. The number of hydrogen-bond acceptors (Lipinski definition) is 3. The van der Waals surface area contributed by atoms with Gasteiger partial charge in [0.15, 0.2) is 0 Å². The number of carbonyl (C=O) groups excluding carboxylic acids is 1. The standard InChI is InChI=1S/C21H20F2O3/c22-19-11-7-17(8-12-19)5-1-3-15-25-21(24)26-16-4-2-6-18-9-13-20(23)14-10-18/h1-2,5-14H,3-4,15-16H2/b5-1+,6-2+. The first-order valence-corrected chi connectivity index (χ1v) is 8.27. The Bertz CT molecular complexity index is 671. The van der Waals surface area contributed by atoms with Crippen molar-refractivity contribution in [3.63, 3.8) is 0 Å². The fourth-order valence-electron chi connectivity index (χ4n) is 2.05. The van der Waals surface area contributed by atoms with Gasteiger partial charge in [-0.15, -0.1) is 0 Å². The summed E-state index contributed by atoms with van der Waals surface area (Å²) in [5, 5.41) is 0. The lowest BCUT2D eigenvalue weighted by Gasteiger charge is -2.03. The zero-order chi connectivity index (χ0) is 18.6. The monoisotopic (exact) mass is 358 g/mol. The van der Waals surface area contributed by atoms with Gasteiger partial charge in [0.25, 0.3) is 0 Å². The molecule has 0 saturated heterocycles. The van der Waals surface area contributed by atoms with E-state index in [0.717, 1.165) is 11.1 Å². The van der Waals surface area contributed by atoms with Crippen LogP contribution in [0.2, 0.25) is 0 Å². The summed E-state index contributed by atoms with van der Waals surface area (Å²) in [5.41, 5.74) is 1.75. The molecule has 0 bridgehead atoms. The maximum absolute atomic E-state index is 12.8. The first kappa shape index (κ1) is 19.4. The normalized spacial score (nSPS) is 11.2. The highest BCUT2D eigenvalue weighted by Gasteiger charge is 2.01. The molecule has 2 aromatic rings. The molecule has 0 aliphatic heterocycles. The lowest BCUT2D eigenvalue weighted by atomic mass is 10.2. The Balaban J connectivity index is 1.54. The van der Waals surface area contributed by atoms with Gasteiger partial charge in [-0.25, -0.2) is 13.6 Å². The van der Waals surface area contributed by atoms with Crippen LogP contribution in [0.4, 0.5) is 13.6 Å². The fraction of sp³-hybridized carbons (Fsp3) is 0.190. The summed E-state index contributed by atoms with van der Waals surface area (Å²) in [7, 11) is 0. The van der Waals surface area contributed by atoms with Crippen LogP contribution in [0, 0.1) is 11.6 Å². The molecule has 0 N–H and O–H groups in total. The molecule has 2 aromatic carbocycles.